The second-order valence-electron chi connectivity index (χ2n) is 1.94. The van der Waals surface area contributed by atoms with Crippen molar-refractivity contribution in [3.8, 4) is 0 Å². The van der Waals surface area contributed by atoms with Gasteiger partial charge in [0.2, 0.25) is 0 Å². The molecule has 0 unspecified atom stereocenters. The summed E-state index contributed by atoms with van der Waals surface area (Å²) in [6.07, 6.45) is 2.14. The lowest BCUT2D eigenvalue weighted by Gasteiger charge is -1.83. The minimum absolute atomic E-state index is 1.07. The molecule has 1 nitrogen and oxygen atoms in total. The smallest absolute Gasteiger partial charge is 0.0925 e. The predicted octanol–water partition coefficient (Wildman–Crippen LogP) is 2.27. The molecule has 0 N–H and O–H groups in total. The first-order valence-corrected chi connectivity index (χ1v) is 4.18. The summed E-state index contributed by atoms with van der Waals surface area (Å²) in [4.78, 5) is 4.37. The van der Waals surface area contributed by atoms with Crippen LogP contribution in [0.1, 0.15) is 24.5 Å². The minimum atomic E-state index is 1.07. The third-order valence-electron chi connectivity index (χ3n) is 1.26. The van der Waals surface area contributed by atoms with Crippen molar-refractivity contribution in [2.45, 2.75) is 26.7 Å². The summed E-state index contributed by atoms with van der Waals surface area (Å²) in [5, 5.41) is 3.39. The predicted molar refractivity (Wildman–Crippen MR) is 40.9 cm³/mol. The van der Waals surface area contributed by atoms with E-state index >= 15 is 0 Å². The zero-order valence-corrected chi connectivity index (χ0v) is 6.66. The molecule has 0 saturated carbocycles. The van der Waals surface area contributed by atoms with Gasteiger partial charge in [-0.2, -0.15) is 0 Å². The Morgan fingerprint density at radius 3 is 2.56 bits per heavy atom. The molecular formula is C7H11NS. The summed E-state index contributed by atoms with van der Waals surface area (Å²) in [6, 6.07) is 0. The Bertz CT molecular complexity index is 162. The Hall–Kier alpha value is -0.370. The lowest BCUT2D eigenvalue weighted by atomic mass is 10.4. The quantitative estimate of drug-likeness (QED) is 0.615. The average Bonchev–Trinajstić information content (AvgIpc) is 2.34. The van der Waals surface area contributed by atoms with Crippen LogP contribution in [0.4, 0.5) is 0 Å². The van der Waals surface area contributed by atoms with E-state index in [2.05, 4.69) is 24.2 Å². The van der Waals surface area contributed by atoms with Gasteiger partial charge in [-0.1, -0.05) is 13.8 Å². The first kappa shape index (κ1) is 6.75. The van der Waals surface area contributed by atoms with Crippen molar-refractivity contribution >= 4 is 11.3 Å². The molecule has 0 fully saturated rings. The molecule has 0 aliphatic carbocycles. The summed E-state index contributed by atoms with van der Waals surface area (Å²) in [5.74, 6) is 0. The van der Waals surface area contributed by atoms with Crippen molar-refractivity contribution in [1.82, 2.24) is 4.98 Å². The molecule has 1 aromatic heterocycles. The highest BCUT2D eigenvalue weighted by molar-refractivity contribution is 7.09. The van der Waals surface area contributed by atoms with Crippen LogP contribution in [-0.4, -0.2) is 4.98 Å². The Morgan fingerprint density at radius 1 is 1.44 bits per heavy atom. The van der Waals surface area contributed by atoms with Crippen molar-refractivity contribution in [2.24, 2.45) is 0 Å². The van der Waals surface area contributed by atoms with Gasteiger partial charge in [-0.25, -0.2) is 4.98 Å². The van der Waals surface area contributed by atoms with E-state index in [1.165, 1.54) is 10.7 Å². The normalized spacial score (nSPS) is 10.0. The number of thiazole rings is 1. The van der Waals surface area contributed by atoms with E-state index in [0.717, 1.165) is 12.8 Å². The largest absolute Gasteiger partial charge is 0.246 e. The summed E-state index contributed by atoms with van der Waals surface area (Å²) < 4.78 is 0. The maximum absolute atomic E-state index is 4.37. The first-order valence-electron chi connectivity index (χ1n) is 3.30. The van der Waals surface area contributed by atoms with Crippen molar-refractivity contribution in [2.75, 3.05) is 0 Å². The second kappa shape index (κ2) is 2.97. The summed E-state index contributed by atoms with van der Waals surface area (Å²) in [6.45, 7) is 4.27. The molecule has 0 aliphatic rings. The molecule has 1 aromatic rings. The highest BCUT2D eigenvalue weighted by atomic mass is 32.1. The van der Waals surface area contributed by atoms with E-state index in [0.29, 0.717) is 0 Å². The molecule has 0 aliphatic heterocycles. The van der Waals surface area contributed by atoms with Crippen molar-refractivity contribution in [3.05, 3.63) is 16.1 Å². The molecule has 0 amide bonds. The van der Waals surface area contributed by atoms with Crippen LogP contribution in [-0.2, 0) is 12.8 Å². The van der Waals surface area contributed by atoms with Gasteiger partial charge in [-0.05, 0) is 12.8 Å². The topological polar surface area (TPSA) is 12.9 Å². The Labute approximate surface area is 59.8 Å². The lowest BCUT2D eigenvalue weighted by Crippen LogP contribution is -1.80. The monoisotopic (exact) mass is 141 g/mol. The van der Waals surface area contributed by atoms with Crippen LogP contribution in [0, 0.1) is 0 Å². The molecule has 0 aromatic carbocycles. The molecule has 50 valence electrons. The number of aromatic nitrogens is 1. The van der Waals surface area contributed by atoms with E-state index in [-0.39, 0.29) is 0 Å². The van der Waals surface area contributed by atoms with E-state index in [1.807, 2.05) is 0 Å². The molecule has 0 spiro atoms. The Balaban J connectivity index is 2.74. The number of hydrogen-bond acceptors (Lipinski definition) is 2. The molecule has 2 heteroatoms. The third-order valence-corrected chi connectivity index (χ3v) is 2.31. The zero-order chi connectivity index (χ0) is 6.69. The molecule has 0 radical (unpaired) electrons. The van der Waals surface area contributed by atoms with Gasteiger partial charge < -0.3 is 0 Å². The summed E-state index contributed by atoms with van der Waals surface area (Å²) in [5.41, 5.74) is 1.23. The number of nitrogens with zero attached hydrogens (tertiary/aromatic N) is 1. The van der Waals surface area contributed by atoms with Gasteiger partial charge in [-0.15, -0.1) is 11.3 Å². The van der Waals surface area contributed by atoms with Gasteiger partial charge in [0, 0.05) is 5.38 Å². The first-order chi connectivity index (χ1) is 4.36. The van der Waals surface area contributed by atoms with E-state index in [4.69, 9.17) is 0 Å². The number of hydrogen-bond donors (Lipinski definition) is 0. The van der Waals surface area contributed by atoms with Gasteiger partial charge in [0.25, 0.3) is 0 Å². The maximum Gasteiger partial charge on any atom is 0.0925 e. The van der Waals surface area contributed by atoms with Crippen LogP contribution < -0.4 is 0 Å². The average molecular weight is 141 g/mol. The molecule has 0 atom stereocenters. The molecule has 1 heterocycles. The van der Waals surface area contributed by atoms with Crippen LogP contribution in [0.5, 0.6) is 0 Å². The van der Waals surface area contributed by atoms with Crippen molar-refractivity contribution in [1.29, 1.82) is 0 Å². The minimum Gasteiger partial charge on any atom is -0.246 e. The van der Waals surface area contributed by atoms with Gasteiger partial charge in [-0.3, -0.25) is 0 Å². The fourth-order valence-corrected chi connectivity index (χ4v) is 1.50. The van der Waals surface area contributed by atoms with Crippen LogP contribution in [0.2, 0.25) is 0 Å². The number of aryl methyl sites for hydroxylation is 2. The molecule has 0 bridgehead atoms. The van der Waals surface area contributed by atoms with E-state index < -0.39 is 0 Å². The Morgan fingerprint density at radius 2 is 2.22 bits per heavy atom. The highest BCUT2D eigenvalue weighted by Crippen LogP contribution is 2.09. The maximum atomic E-state index is 4.37. The SMILES string of the molecule is CCc1csc(CC)n1. The van der Waals surface area contributed by atoms with E-state index in [9.17, 15) is 0 Å². The Kier molecular flexibility index (Phi) is 2.22. The van der Waals surface area contributed by atoms with E-state index in [1.54, 1.807) is 11.3 Å². The van der Waals surface area contributed by atoms with Gasteiger partial charge >= 0.3 is 0 Å². The van der Waals surface area contributed by atoms with Crippen LogP contribution in [0.25, 0.3) is 0 Å². The zero-order valence-electron chi connectivity index (χ0n) is 5.85. The molecule has 0 saturated heterocycles. The van der Waals surface area contributed by atoms with Crippen LogP contribution in [0.15, 0.2) is 5.38 Å². The van der Waals surface area contributed by atoms with Gasteiger partial charge in [0.1, 0.15) is 0 Å². The summed E-state index contributed by atoms with van der Waals surface area (Å²) >= 11 is 1.76. The number of rotatable bonds is 2. The highest BCUT2D eigenvalue weighted by Gasteiger charge is 1.94. The lowest BCUT2D eigenvalue weighted by molar-refractivity contribution is 1.00. The standard InChI is InChI=1S/C7H11NS/c1-3-6-5-9-7(4-2)8-6/h5H,3-4H2,1-2H3. The molecular weight excluding hydrogens is 130 g/mol. The van der Waals surface area contributed by atoms with Crippen LogP contribution >= 0.6 is 11.3 Å². The van der Waals surface area contributed by atoms with Gasteiger partial charge in [0.05, 0.1) is 10.7 Å². The molecule has 9 heavy (non-hydrogen) atoms. The van der Waals surface area contributed by atoms with Crippen LogP contribution in [0.3, 0.4) is 0 Å². The molecule has 1 rings (SSSR count). The van der Waals surface area contributed by atoms with Crippen molar-refractivity contribution in [3.63, 3.8) is 0 Å². The third kappa shape index (κ3) is 1.52. The van der Waals surface area contributed by atoms with Crippen molar-refractivity contribution < 1.29 is 0 Å². The fourth-order valence-electron chi connectivity index (χ4n) is 0.674. The fraction of sp³-hybridized carbons (Fsp3) is 0.571. The summed E-state index contributed by atoms with van der Waals surface area (Å²) in [7, 11) is 0. The van der Waals surface area contributed by atoms with Gasteiger partial charge in [0.15, 0.2) is 0 Å². The second-order valence-corrected chi connectivity index (χ2v) is 2.88.